The average molecular weight is 224 g/mol. The third-order valence-electron chi connectivity index (χ3n) is 2.57. The van der Waals surface area contributed by atoms with Gasteiger partial charge in [-0.15, -0.1) is 0 Å². The Hall–Kier alpha value is -1.05. The van der Waals surface area contributed by atoms with Crippen molar-refractivity contribution >= 4 is 5.97 Å². The van der Waals surface area contributed by atoms with Crippen molar-refractivity contribution in [2.45, 2.75) is 58.3 Å². The lowest BCUT2D eigenvalue weighted by atomic mass is 10.1. The van der Waals surface area contributed by atoms with E-state index in [1.54, 1.807) is 6.08 Å². The van der Waals surface area contributed by atoms with E-state index < -0.39 is 5.97 Å². The van der Waals surface area contributed by atoms with Crippen LogP contribution in [0.25, 0.3) is 0 Å². The number of rotatable bonds is 10. The summed E-state index contributed by atoms with van der Waals surface area (Å²) in [6.45, 7) is 5.66. The van der Waals surface area contributed by atoms with Crippen LogP contribution in [0, 0.1) is 0 Å². The second-order valence-electron chi connectivity index (χ2n) is 4.14. The van der Waals surface area contributed by atoms with E-state index in [0.717, 1.165) is 12.8 Å². The highest BCUT2D eigenvalue weighted by Gasteiger charge is 1.96. The van der Waals surface area contributed by atoms with Gasteiger partial charge in [-0.2, -0.15) is 0 Å². The first-order valence-electron chi connectivity index (χ1n) is 6.27. The van der Waals surface area contributed by atoms with Crippen molar-refractivity contribution in [2.75, 3.05) is 0 Å². The fourth-order valence-corrected chi connectivity index (χ4v) is 1.52. The van der Waals surface area contributed by atoms with Crippen molar-refractivity contribution in [3.63, 3.8) is 0 Å². The van der Waals surface area contributed by atoms with Crippen molar-refractivity contribution in [1.29, 1.82) is 0 Å². The molecular formula is C14H24O2. The second-order valence-corrected chi connectivity index (χ2v) is 4.14. The number of unbranched alkanes of at least 4 members (excludes halogenated alkanes) is 7. The third-order valence-corrected chi connectivity index (χ3v) is 2.57. The number of aliphatic carboxylic acids is 1. The normalized spacial score (nSPS) is 10.8. The van der Waals surface area contributed by atoms with E-state index >= 15 is 0 Å². The molecule has 0 unspecified atom stereocenters. The van der Waals surface area contributed by atoms with Crippen molar-refractivity contribution in [1.82, 2.24) is 0 Å². The molecular weight excluding hydrogens is 200 g/mol. The van der Waals surface area contributed by atoms with Crippen LogP contribution in [0.4, 0.5) is 0 Å². The number of hydrogen-bond donors (Lipinski definition) is 1. The Balaban J connectivity index is 3.27. The maximum Gasteiger partial charge on any atom is 0.335 e. The molecule has 0 atom stereocenters. The van der Waals surface area contributed by atoms with Crippen LogP contribution >= 0.6 is 0 Å². The van der Waals surface area contributed by atoms with Crippen LogP contribution in [0.2, 0.25) is 0 Å². The Kier molecular flexibility index (Phi) is 9.78. The van der Waals surface area contributed by atoms with Crippen LogP contribution in [0.5, 0.6) is 0 Å². The molecule has 0 bridgehead atoms. The van der Waals surface area contributed by atoms with E-state index in [0.29, 0.717) is 0 Å². The molecule has 0 spiro atoms. The van der Waals surface area contributed by atoms with Gasteiger partial charge in [-0.05, 0) is 12.8 Å². The topological polar surface area (TPSA) is 37.3 Å². The predicted octanol–water partition coefficient (Wildman–Crippen LogP) is 4.32. The molecule has 92 valence electrons. The summed E-state index contributed by atoms with van der Waals surface area (Å²) in [4.78, 5) is 10.4. The van der Waals surface area contributed by atoms with Gasteiger partial charge in [0.15, 0.2) is 0 Å². The zero-order valence-electron chi connectivity index (χ0n) is 10.4. The fourth-order valence-electron chi connectivity index (χ4n) is 1.52. The molecule has 0 amide bonds. The zero-order valence-corrected chi connectivity index (χ0v) is 10.4. The fraction of sp³-hybridized carbons (Fsp3) is 0.643. The van der Waals surface area contributed by atoms with Crippen LogP contribution in [0.1, 0.15) is 58.3 Å². The smallest absolute Gasteiger partial charge is 0.335 e. The molecule has 1 N–H and O–H groups in total. The monoisotopic (exact) mass is 224 g/mol. The number of carboxylic acids is 1. The molecule has 0 rings (SSSR count). The minimum atomic E-state index is -0.934. The third kappa shape index (κ3) is 9.50. The highest BCUT2D eigenvalue weighted by molar-refractivity contribution is 5.88. The maximum atomic E-state index is 10.4. The first kappa shape index (κ1) is 14.9. The summed E-state index contributed by atoms with van der Waals surface area (Å²) in [6.07, 6.45) is 13.5. The van der Waals surface area contributed by atoms with Crippen LogP contribution in [-0.2, 0) is 4.79 Å². The largest absolute Gasteiger partial charge is 0.478 e. The number of carboxylic acid groups (broad SMARTS) is 1. The van der Waals surface area contributed by atoms with E-state index in [1.807, 2.05) is 6.08 Å². The molecule has 0 radical (unpaired) electrons. The standard InChI is InChI=1S/C14H24O2/c1-3-4-5-6-7-8-9-10-11-12-13(2)14(15)16/h11-12H,2-10H2,1H3,(H,15,16)/b12-11+. The Morgan fingerprint density at radius 1 is 1.12 bits per heavy atom. The molecule has 16 heavy (non-hydrogen) atoms. The van der Waals surface area contributed by atoms with Gasteiger partial charge in [0, 0.05) is 0 Å². The Labute approximate surface area is 99.1 Å². The van der Waals surface area contributed by atoms with E-state index in [-0.39, 0.29) is 5.57 Å². The van der Waals surface area contributed by atoms with Gasteiger partial charge in [-0.1, -0.05) is 64.2 Å². The SMILES string of the molecule is C=C(/C=C/CCCCCCCCC)C(=O)O. The van der Waals surface area contributed by atoms with Gasteiger partial charge in [0.05, 0.1) is 5.57 Å². The summed E-state index contributed by atoms with van der Waals surface area (Å²) in [7, 11) is 0. The van der Waals surface area contributed by atoms with E-state index in [2.05, 4.69) is 13.5 Å². The summed E-state index contributed by atoms with van der Waals surface area (Å²) >= 11 is 0. The first-order chi connectivity index (χ1) is 7.68. The summed E-state index contributed by atoms with van der Waals surface area (Å²) in [5.74, 6) is -0.934. The van der Waals surface area contributed by atoms with Gasteiger partial charge in [0.2, 0.25) is 0 Å². The van der Waals surface area contributed by atoms with E-state index in [9.17, 15) is 4.79 Å². The minimum Gasteiger partial charge on any atom is -0.478 e. The molecule has 0 saturated carbocycles. The Bertz CT molecular complexity index is 229. The predicted molar refractivity (Wildman–Crippen MR) is 68.5 cm³/mol. The summed E-state index contributed by atoms with van der Waals surface area (Å²) in [5.41, 5.74) is 0.169. The highest BCUT2D eigenvalue weighted by Crippen LogP contribution is 2.08. The molecule has 0 fully saturated rings. The summed E-state index contributed by atoms with van der Waals surface area (Å²) < 4.78 is 0. The lowest BCUT2D eigenvalue weighted by Gasteiger charge is -1.98. The second kappa shape index (κ2) is 10.5. The van der Waals surface area contributed by atoms with Gasteiger partial charge >= 0.3 is 5.97 Å². The minimum absolute atomic E-state index is 0.169. The van der Waals surface area contributed by atoms with E-state index in [4.69, 9.17) is 5.11 Å². The lowest BCUT2D eigenvalue weighted by molar-refractivity contribution is -0.132. The highest BCUT2D eigenvalue weighted by atomic mass is 16.4. The maximum absolute atomic E-state index is 10.4. The van der Waals surface area contributed by atoms with Crippen molar-refractivity contribution in [2.24, 2.45) is 0 Å². The summed E-state index contributed by atoms with van der Waals surface area (Å²) in [6, 6.07) is 0. The lowest BCUT2D eigenvalue weighted by Crippen LogP contribution is -1.94. The van der Waals surface area contributed by atoms with Crippen molar-refractivity contribution in [3.8, 4) is 0 Å². The molecule has 0 aliphatic rings. The van der Waals surface area contributed by atoms with Crippen molar-refractivity contribution < 1.29 is 9.90 Å². The van der Waals surface area contributed by atoms with Gasteiger partial charge in [-0.3, -0.25) is 0 Å². The Morgan fingerprint density at radius 3 is 2.25 bits per heavy atom. The molecule has 0 aromatic heterocycles. The molecule has 0 aliphatic carbocycles. The van der Waals surface area contributed by atoms with Crippen LogP contribution in [0.15, 0.2) is 24.3 Å². The number of allylic oxidation sites excluding steroid dienone is 1. The van der Waals surface area contributed by atoms with Gasteiger partial charge in [0.1, 0.15) is 0 Å². The van der Waals surface area contributed by atoms with Gasteiger partial charge in [0.25, 0.3) is 0 Å². The Morgan fingerprint density at radius 2 is 1.69 bits per heavy atom. The van der Waals surface area contributed by atoms with Crippen molar-refractivity contribution in [3.05, 3.63) is 24.3 Å². The van der Waals surface area contributed by atoms with Crippen LogP contribution in [-0.4, -0.2) is 11.1 Å². The molecule has 0 heterocycles. The quantitative estimate of drug-likeness (QED) is 0.341. The molecule has 2 nitrogen and oxygen atoms in total. The van der Waals surface area contributed by atoms with Gasteiger partial charge in [-0.25, -0.2) is 4.79 Å². The molecule has 0 aromatic carbocycles. The van der Waals surface area contributed by atoms with E-state index in [1.165, 1.54) is 38.5 Å². The van der Waals surface area contributed by atoms with Crippen LogP contribution < -0.4 is 0 Å². The summed E-state index contributed by atoms with van der Waals surface area (Å²) in [5, 5.41) is 8.55. The average Bonchev–Trinajstić information content (AvgIpc) is 2.26. The number of hydrogen-bond acceptors (Lipinski definition) is 1. The zero-order chi connectivity index (χ0) is 12.2. The van der Waals surface area contributed by atoms with Gasteiger partial charge < -0.3 is 5.11 Å². The molecule has 2 heteroatoms. The molecule has 0 aliphatic heterocycles. The number of carbonyl (C=O) groups is 1. The first-order valence-corrected chi connectivity index (χ1v) is 6.27. The van der Waals surface area contributed by atoms with Crippen LogP contribution in [0.3, 0.4) is 0 Å². The molecule has 0 aromatic rings. The molecule has 0 saturated heterocycles.